The number of nitrogens with zero attached hydrogens (tertiary/aromatic N) is 4. The van der Waals surface area contributed by atoms with E-state index in [0.29, 0.717) is 13.2 Å². The normalized spacial score (nSPS) is 10.9. The van der Waals surface area contributed by atoms with E-state index in [1.54, 1.807) is 24.2 Å². The van der Waals surface area contributed by atoms with Crippen LogP contribution in [0.1, 0.15) is 16.7 Å². The van der Waals surface area contributed by atoms with E-state index in [1.807, 2.05) is 18.2 Å². The van der Waals surface area contributed by atoms with Crippen LogP contribution in [0.3, 0.4) is 0 Å². The van der Waals surface area contributed by atoms with E-state index >= 15 is 0 Å². The van der Waals surface area contributed by atoms with Crippen LogP contribution in [-0.2, 0) is 6.54 Å². The summed E-state index contributed by atoms with van der Waals surface area (Å²) in [6.45, 7) is 5.49. The van der Waals surface area contributed by atoms with Gasteiger partial charge in [-0.25, -0.2) is 0 Å². The molecule has 4 rings (SSSR count). The van der Waals surface area contributed by atoms with Gasteiger partial charge in [0.15, 0.2) is 11.0 Å². The van der Waals surface area contributed by atoms with E-state index in [-0.39, 0.29) is 0 Å². The first kappa shape index (κ1) is 20.2. The highest BCUT2D eigenvalue weighted by atomic mass is 32.2. The quantitative estimate of drug-likeness (QED) is 0.293. The van der Waals surface area contributed by atoms with Crippen LogP contribution in [0.4, 0.5) is 0 Å². The fourth-order valence-corrected chi connectivity index (χ4v) is 4.08. The topological polar surface area (TPSA) is 52.8 Å². The first-order chi connectivity index (χ1) is 14.7. The number of ether oxygens (including phenoxy) is 1. The molecule has 0 saturated heterocycles. The summed E-state index contributed by atoms with van der Waals surface area (Å²) in [5.41, 5.74) is 4.64. The summed E-state index contributed by atoms with van der Waals surface area (Å²) < 4.78 is 8.11. The molecule has 5 nitrogen and oxygen atoms in total. The number of hydrogen-bond acceptors (Lipinski definition) is 5. The van der Waals surface area contributed by atoms with Gasteiger partial charge in [-0.15, -0.1) is 10.2 Å². The highest BCUT2D eigenvalue weighted by molar-refractivity contribution is 7.99. The first-order valence-electron chi connectivity index (χ1n) is 9.90. The summed E-state index contributed by atoms with van der Waals surface area (Å²) in [5.74, 6) is 2.55. The molecule has 0 bridgehead atoms. The van der Waals surface area contributed by atoms with Crippen LogP contribution in [0.15, 0.2) is 78.2 Å². The molecule has 4 aromatic rings. The lowest BCUT2D eigenvalue weighted by Gasteiger charge is -2.11. The number of aromatic nitrogens is 4. The molecule has 30 heavy (non-hydrogen) atoms. The molecule has 6 heteroatoms. The highest BCUT2D eigenvalue weighted by Crippen LogP contribution is 2.25. The van der Waals surface area contributed by atoms with Crippen molar-refractivity contribution in [2.45, 2.75) is 25.5 Å². The van der Waals surface area contributed by atoms with E-state index < -0.39 is 0 Å². The van der Waals surface area contributed by atoms with Gasteiger partial charge >= 0.3 is 0 Å². The Bertz CT molecular complexity index is 1080. The zero-order valence-electron chi connectivity index (χ0n) is 17.2. The summed E-state index contributed by atoms with van der Waals surface area (Å²) >= 11 is 1.66. The maximum absolute atomic E-state index is 5.95. The van der Waals surface area contributed by atoms with Crippen molar-refractivity contribution >= 4 is 11.8 Å². The summed E-state index contributed by atoms with van der Waals surface area (Å²) in [6, 6.07) is 20.6. The largest absolute Gasteiger partial charge is 0.493 e. The molecule has 152 valence electrons. The van der Waals surface area contributed by atoms with Crippen molar-refractivity contribution in [2.24, 2.45) is 0 Å². The molecule has 0 spiro atoms. The molecule has 0 radical (unpaired) electrons. The molecule has 2 aromatic heterocycles. The van der Waals surface area contributed by atoms with Crippen LogP contribution in [0.25, 0.3) is 11.4 Å². The van der Waals surface area contributed by atoms with Gasteiger partial charge in [-0.3, -0.25) is 9.55 Å². The van der Waals surface area contributed by atoms with Crippen LogP contribution in [-0.4, -0.2) is 32.1 Å². The lowest BCUT2D eigenvalue weighted by atomic mass is 10.1. The predicted molar refractivity (Wildman–Crippen MR) is 121 cm³/mol. The molecule has 0 aliphatic carbocycles. The molecule has 2 aromatic carbocycles. The zero-order chi connectivity index (χ0) is 20.8. The highest BCUT2D eigenvalue weighted by Gasteiger charge is 2.15. The Morgan fingerprint density at radius 3 is 2.37 bits per heavy atom. The third-order valence-electron chi connectivity index (χ3n) is 4.62. The summed E-state index contributed by atoms with van der Waals surface area (Å²) in [7, 11) is 0. The van der Waals surface area contributed by atoms with Gasteiger partial charge in [0.05, 0.1) is 13.2 Å². The Balaban J connectivity index is 1.48. The molecular weight excluding hydrogens is 392 g/mol. The average Bonchev–Trinajstić information content (AvgIpc) is 3.14. The van der Waals surface area contributed by atoms with Crippen LogP contribution in [0, 0.1) is 13.8 Å². The van der Waals surface area contributed by atoms with Crippen molar-refractivity contribution < 1.29 is 4.74 Å². The lowest BCUT2D eigenvalue weighted by Crippen LogP contribution is -2.06. The van der Waals surface area contributed by atoms with Crippen molar-refractivity contribution in [3.63, 3.8) is 0 Å². The maximum atomic E-state index is 5.95. The number of benzene rings is 2. The minimum absolute atomic E-state index is 0.607. The smallest absolute Gasteiger partial charge is 0.191 e. The molecule has 0 N–H and O–H groups in total. The molecule has 0 unspecified atom stereocenters. The molecular formula is C24H24N4OS. The van der Waals surface area contributed by atoms with E-state index in [0.717, 1.165) is 28.0 Å². The molecule has 0 atom stereocenters. The molecule has 0 aliphatic heterocycles. The van der Waals surface area contributed by atoms with Gasteiger partial charge in [0, 0.05) is 23.7 Å². The number of hydrogen-bond donors (Lipinski definition) is 0. The molecule has 0 amide bonds. The van der Waals surface area contributed by atoms with Crippen molar-refractivity contribution in [1.82, 2.24) is 19.7 Å². The van der Waals surface area contributed by atoms with E-state index in [9.17, 15) is 0 Å². The molecule has 0 saturated carbocycles. The number of thioether (sulfide) groups is 1. The van der Waals surface area contributed by atoms with Crippen molar-refractivity contribution in [1.29, 1.82) is 0 Å². The Morgan fingerprint density at radius 1 is 0.900 bits per heavy atom. The molecule has 0 fully saturated rings. The number of aryl methyl sites for hydroxylation is 2. The summed E-state index contributed by atoms with van der Waals surface area (Å²) in [6.07, 6.45) is 3.56. The van der Waals surface area contributed by atoms with Crippen LogP contribution in [0.5, 0.6) is 5.75 Å². The second-order valence-corrected chi connectivity index (χ2v) is 8.20. The van der Waals surface area contributed by atoms with Crippen LogP contribution in [0.2, 0.25) is 0 Å². The maximum Gasteiger partial charge on any atom is 0.191 e. The Labute approximate surface area is 181 Å². The van der Waals surface area contributed by atoms with E-state index in [1.165, 1.54) is 16.7 Å². The van der Waals surface area contributed by atoms with Crippen LogP contribution < -0.4 is 4.74 Å². The van der Waals surface area contributed by atoms with Gasteiger partial charge in [-0.05, 0) is 54.8 Å². The van der Waals surface area contributed by atoms with Gasteiger partial charge in [0.25, 0.3) is 0 Å². The Hall–Kier alpha value is -3.12. The van der Waals surface area contributed by atoms with Gasteiger partial charge in [-0.1, -0.05) is 48.2 Å². The van der Waals surface area contributed by atoms with Gasteiger partial charge < -0.3 is 4.74 Å². The van der Waals surface area contributed by atoms with Gasteiger partial charge in [0.1, 0.15) is 5.75 Å². The molecule has 0 aliphatic rings. The Kier molecular flexibility index (Phi) is 6.44. The summed E-state index contributed by atoms with van der Waals surface area (Å²) in [4.78, 5) is 4.11. The van der Waals surface area contributed by atoms with E-state index in [4.69, 9.17) is 4.74 Å². The third kappa shape index (κ3) is 5.07. The summed E-state index contributed by atoms with van der Waals surface area (Å²) in [5, 5.41) is 9.81. The van der Waals surface area contributed by atoms with Gasteiger partial charge in [0.2, 0.25) is 0 Å². The second kappa shape index (κ2) is 9.59. The van der Waals surface area contributed by atoms with Gasteiger partial charge in [-0.2, -0.15) is 0 Å². The second-order valence-electron chi connectivity index (χ2n) is 7.13. The lowest BCUT2D eigenvalue weighted by molar-refractivity contribution is 0.343. The fraction of sp³-hybridized carbons (Fsp3) is 0.208. The SMILES string of the molecule is Cc1cc(C)cc(OCCSc2nnc(-c3ccncc3)n2Cc2ccccc2)c1. The minimum Gasteiger partial charge on any atom is -0.493 e. The first-order valence-corrected chi connectivity index (χ1v) is 10.9. The number of rotatable bonds is 8. The van der Waals surface area contributed by atoms with Crippen LogP contribution >= 0.6 is 11.8 Å². The van der Waals surface area contributed by atoms with Crippen molar-refractivity contribution in [2.75, 3.05) is 12.4 Å². The number of pyridine rings is 1. The predicted octanol–water partition coefficient (Wildman–Crippen LogP) is 5.18. The van der Waals surface area contributed by atoms with Crippen molar-refractivity contribution in [3.8, 4) is 17.1 Å². The molecule has 2 heterocycles. The van der Waals surface area contributed by atoms with Crippen molar-refractivity contribution in [3.05, 3.63) is 89.7 Å². The van der Waals surface area contributed by atoms with E-state index in [2.05, 4.69) is 76.1 Å². The third-order valence-corrected chi connectivity index (χ3v) is 5.55. The monoisotopic (exact) mass is 416 g/mol. The standard InChI is InChI=1S/C24H24N4OS/c1-18-14-19(2)16-22(15-18)29-12-13-30-24-27-26-23(21-8-10-25-11-9-21)28(24)17-20-6-4-3-5-7-20/h3-11,14-16H,12-13,17H2,1-2H3. The minimum atomic E-state index is 0.607. The zero-order valence-corrected chi connectivity index (χ0v) is 18.0. The Morgan fingerprint density at radius 2 is 1.63 bits per heavy atom. The average molecular weight is 417 g/mol. The fourth-order valence-electron chi connectivity index (χ4n) is 3.33.